The van der Waals surface area contributed by atoms with E-state index in [0.717, 1.165) is 26.7 Å². The first-order chi connectivity index (χ1) is 13.0. The number of aryl methyl sites for hydroxylation is 1. The van der Waals surface area contributed by atoms with Crippen molar-refractivity contribution < 1.29 is 9.53 Å². The molecular weight excluding hydrogens is 362 g/mol. The van der Waals surface area contributed by atoms with Crippen molar-refractivity contribution in [3.8, 4) is 10.4 Å². The summed E-state index contributed by atoms with van der Waals surface area (Å²) in [6.45, 7) is 4.46. The summed E-state index contributed by atoms with van der Waals surface area (Å²) in [4.78, 5) is 25.6. The van der Waals surface area contributed by atoms with Gasteiger partial charge in [-0.25, -0.2) is 15.0 Å². The van der Waals surface area contributed by atoms with E-state index in [4.69, 9.17) is 4.74 Å². The number of benzene rings is 1. The van der Waals surface area contributed by atoms with Crippen molar-refractivity contribution >= 4 is 28.9 Å². The zero-order valence-corrected chi connectivity index (χ0v) is 15.8. The monoisotopic (exact) mass is 381 g/mol. The number of ether oxygens (including phenoxy) is 1. The average molecular weight is 381 g/mol. The highest BCUT2D eigenvalue weighted by Crippen LogP contribution is 2.37. The molecule has 0 spiro atoms. The number of aromatic nitrogens is 3. The smallest absolute Gasteiger partial charge is 0.227 e. The molecule has 0 radical (unpaired) electrons. The number of hydrogen-bond acceptors (Lipinski definition) is 7. The van der Waals surface area contributed by atoms with Crippen LogP contribution < -0.4 is 10.6 Å². The van der Waals surface area contributed by atoms with Crippen LogP contribution in [0.15, 0.2) is 42.9 Å². The van der Waals surface area contributed by atoms with Gasteiger partial charge in [0.05, 0.1) is 18.1 Å². The number of carbonyl (C=O) groups excluding carboxylic acids is 1. The van der Waals surface area contributed by atoms with Gasteiger partial charge in [-0.3, -0.25) is 4.79 Å². The number of thiazole rings is 1. The molecule has 1 aliphatic rings. The van der Waals surface area contributed by atoms with Crippen molar-refractivity contribution in [3.05, 3.63) is 53.4 Å². The van der Waals surface area contributed by atoms with Gasteiger partial charge in [0.15, 0.2) is 0 Å². The third-order valence-corrected chi connectivity index (χ3v) is 5.46. The second kappa shape index (κ2) is 7.05. The van der Waals surface area contributed by atoms with Crippen LogP contribution in [0.5, 0.6) is 0 Å². The third-order valence-electron chi connectivity index (χ3n) is 4.21. The second-order valence-electron chi connectivity index (χ2n) is 6.57. The molecule has 0 atom stereocenters. The summed E-state index contributed by atoms with van der Waals surface area (Å²) in [5, 5.41) is 7.07. The van der Waals surface area contributed by atoms with Crippen LogP contribution in [0.1, 0.15) is 17.5 Å². The summed E-state index contributed by atoms with van der Waals surface area (Å²) in [6.07, 6.45) is 5.24. The fourth-order valence-corrected chi connectivity index (χ4v) is 4.03. The maximum Gasteiger partial charge on any atom is 0.227 e. The van der Waals surface area contributed by atoms with Crippen LogP contribution in [-0.2, 0) is 15.1 Å². The minimum Gasteiger partial charge on any atom is -0.375 e. The van der Waals surface area contributed by atoms with Crippen molar-refractivity contribution in [1.82, 2.24) is 20.3 Å². The molecule has 1 fully saturated rings. The molecule has 27 heavy (non-hydrogen) atoms. The predicted molar refractivity (Wildman–Crippen MR) is 104 cm³/mol. The Morgan fingerprint density at radius 1 is 1.19 bits per heavy atom. The van der Waals surface area contributed by atoms with Gasteiger partial charge in [-0.1, -0.05) is 6.07 Å². The quantitative estimate of drug-likeness (QED) is 0.706. The van der Waals surface area contributed by atoms with E-state index in [1.807, 2.05) is 25.3 Å². The van der Waals surface area contributed by atoms with E-state index in [2.05, 4.69) is 31.7 Å². The zero-order valence-electron chi connectivity index (χ0n) is 15.0. The Kier molecular flexibility index (Phi) is 4.59. The molecule has 1 aromatic carbocycles. The first-order valence-electron chi connectivity index (χ1n) is 8.53. The molecule has 1 aliphatic heterocycles. The van der Waals surface area contributed by atoms with E-state index >= 15 is 0 Å². The molecule has 0 saturated carbocycles. The van der Waals surface area contributed by atoms with Gasteiger partial charge >= 0.3 is 0 Å². The molecule has 4 rings (SSSR count). The highest BCUT2D eigenvalue weighted by Gasteiger charge is 2.44. The van der Waals surface area contributed by atoms with Crippen molar-refractivity contribution in [1.29, 1.82) is 0 Å². The molecule has 1 amide bonds. The summed E-state index contributed by atoms with van der Waals surface area (Å²) in [5.74, 6) is 0.468. The standard InChI is InChI=1S/C19H19N5O2S/c1-12-6-14(8-15(7-12)23-18-20-4-3-5-21-18)16-9-22-17(27-16)19(10-26-11-19)24-13(2)25/h3-9H,10-11H2,1-2H3,(H,24,25)(H,20,21,23). The van der Waals surface area contributed by atoms with Gasteiger partial charge in [-0.2, -0.15) is 0 Å². The van der Waals surface area contributed by atoms with Crippen molar-refractivity contribution in [3.63, 3.8) is 0 Å². The number of carbonyl (C=O) groups is 1. The Hall–Kier alpha value is -2.84. The van der Waals surface area contributed by atoms with Crippen molar-refractivity contribution in [2.75, 3.05) is 18.5 Å². The van der Waals surface area contributed by atoms with E-state index in [0.29, 0.717) is 19.2 Å². The highest BCUT2D eigenvalue weighted by molar-refractivity contribution is 7.15. The Morgan fingerprint density at radius 2 is 1.96 bits per heavy atom. The number of hydrogen-bond donors (Lipinski definition) is 2. The molecule has 8 heteroatoms. The molecule has 138 valence electrons. The molecule has 2 aromatic heterocycles. The van der Waals surface area contributed by atoms with E-state index in [1.165, 1.54) is 6.92 Å². The van der Waals surface area contributed by atoms with Crippen LogP contribution in [0.4, 0.5) is 11.6 Å². The van der Waals surface area contributed by atoms with Crippen LogP contribution in [0.3, 0.4) is 0 Å². The van der Waals surface area contributed by atoms with Gasteiger partial charge < -0.3 is 15.4 Å². The minimum atomic E-state index is -0.502. The van der Waals surface area contributed by atoms with Crippen LogP contribution in [0.2, 0.25) is 0 Å². The summed E-state index contributed by atoms with van der Waals surface area (Å²) < 4.78 is 5.34. The number of nitrogens with one attached hydrogen (secondary N) is 2. The molecule has 7 nitrogen and oxygen atoms in total. The maximum absolute atomic E-state index is 11.6. The molecule has 3 aromatic rings. The summed E-state index contributed by atoms with van der Waals surface area (Å²) >= 11 is 1.57. The number of anilines is 2. The lowest BCUT2D eigenvalue weighted by Gasteiger charge is -2.39. The molecule has 2 N–H and O–H groups in total. The van der Waals surface area contributed by atoms with Gasteiger partial charge in [-0.15, -0.1) is 11.3 Å². The third kappa shape index (κ3) is 3.67. The molecule has 0 bridgehead atoms. The minimum absolute atomic E-state index is 0.0834. The van der Waals surface area contributed by atoms with Gasteiger partial charge in [0.2, 0.25) is 11.9 Å². The summed E-state index contributed by atoms with van der Waals surface area (Å²) in [6, 6.07) is 7.97. The lowest BCUT2D eigenvalue weighted by atomic mass is 9.98. The Labute approximate surface area is 160 Å². The first-order valence-corrected chi connectivity index (χ1v) is 9.35. The molecule has 0 aliphatic carbocycles. The van der Waals surface area contributed by atoms with Gasteiger partial charge in [0, 0.05) is 31.2 Å². The van der Waals surface area contributed by atoms with Gasteiger partial charge in [-0.05, 0) is 36.2 Å². The van der Waals surface area contributed by atoms with E-state index < -0.39 is 5.54 Å². The van der Waals surface area contributed by atoms with Crippen molar-refractivity contribution in [2.45, 2.75) is 19.4 Å². The lowest BCUT2D eigenvalue weighted by molar-refractivity contribution is -0.131. The van der Waals surface area contributed by atoms with E-state index in [9.17, 15) is 4.79 Å². The lowest BCUT2D eigenvalue weighted by Crippen LogP contribution is -2.58. The summed E-state index contributed by atoms with van der Waals surface area (Å²) in [7, 11) is 0. The van der Waals surface area contributed by atoms with E-state index in [-0.39, 0.29) is 5.91 Å². The fourth-order valence-electron chi connectivity index (χ4n) is 3.01. The van der Waals surface area contributed by atoms with Gasteiger partial charge in [0.25, 0.3) is 0 Å². The maximum atomic E-state index is 11.6. The summed E-state index contributed by atoms with van der Waals surface area (Å²) in [5.41, 5.74) is 2.58. The van der Waals surface area contributed by atoms with Gasteiger partial charge in [0.1, 0.15) is 10.5 Å². The normalized spacial score (nSPS) is 15.0. The second-order valence-corrected chi connectivity index (χ2v) is 7.60. The number of nitrogens with zero attached hydrogens (tertiary/aromatic N) is 3. The van der Waals surface area contributed by atoms with Crippen LogP contribution >= 0.6 is 11.3 Å². The number of amides is 1. The Balaban J connectivity index is 1.62. The van der Waals surface area contributed by atoms with Crippen LogP contribution in [-0.4, -0.2) is 34.1 Å². The predicted octanol–water partition coefficient (Wildman–Crippen LogP) is 3.01. The molecule has 3 heterocycles. The molecular formula is C19H19N5O2S. The zero-order chi connectivity index (χ0) is 18.9. The SMILES string of the molecule is CC(=O)NC1(c2ncc(-c3cc(C)cc(Nc4ncccn4)c3)s2)COC1. The highest BCUT2D eigenvalue weighted by atomic mass is 32.1. The first kappa shape index (κ1) is 17.6. The number of rotatable bonds is 5. The van der Waals surface area contributed by atoms with E-state index in [1.54, 1.807) is 29.8 Å². The largest absolute Gasteiger partial charge is 0.375 e. The topological polar surface area (TPSA) is 89.0 Å². The molecule has 0 unspecified atom stereocenters. The fraction of sp³-hybridized carbons (Fsp3) is 0.263. The Morgan fingerprint density at radius 3 is 2.63 bits per heavy atom. The Bertz CT molecular complexity index is 969. The van der Waals surface area contributed by atoms with Crippen LogP contribution in [0, 0.1) is 6.92 Å². The molecule has 1 saturated heterocycles. The van der Waals surface area contributed by atoms with Crippen molar-refractivity contribution in [2.24, 2.45) is 0 Å². The van der Waals surface area contributed by atoms with Crippen LogP contribution in [0.25, 0.3) is 10.4 Å². The average Bonchev–Trinajstić information content (AvgIpc) is 3.09.